The van der Waals surface area contributed by atoms with Gasteiger partial charge in [-0.15, -0.1) is 0 Å². The quantitative estimate of drug-likeness (QED) is 0.779. The fourth-order valence-electron chi connectivity index (χ4n) is 3.58. The van der Waals surface area contributed by atoms with Gasteiger partial charge in [0, 0.05) is 30.7 Å². The lowest BCUT2D eigenvalue weighted by molar-refractivity contribution is 0.0359. The molecular formula is C16H32N2. The summed E-state index contributed by atoms with van der Waals surface area (Å²) in [6, 6.07) is 1.53. The second kappa shape index (κ2) is 5.92. The van der Waals surface area contributed by atoms with Crippen LogP contribution in [0.5, 0.6) is 0 Å². The highest BCUT2D eigenvalue weighted by Crippen LogP contribution is 2.36. The van der Waals surface area contributed by atoms with E-state index in [0.717, 1.165) is 18.0 Å². The average molecular weight is 252 g/mol. The fraction of sp³-hybridized carbons (Fsp3) is 1.00. The van der Waals surface area contributed by atoms with Crippen molar-refractivity contribution in [2.24, 2.45) is 5.92 Å². The van der Waals surface area contributed by atoms with Gasteiger partial charge in [0.2, 0.25) is 0 Å². The highest BCUT2D eigenvalue weighted by atomic mass is 15.3. The summed E-state index contributed by atoms with van der Waals surface area (Å²) in [7, 11) is 0. The Morgan fingerprint density at radius 1 is 1.22 bits per heavy atom. The van der Waals surface area contributed by atoms with Crippen molar-refractivity contribution in [3.8, 4) is 0 Å². The van der Waals surface area contributed by atoms with E-state index in [-0.39, 0.29) is 0 Å². The van der Waals surface area contributed by atoms with E-state index in [9.17, 15) is 0 Å². The molecule has 2 rings (SSSR count). The third-order valence-corrected chi connectivity index (χ3v) is 5.43. The van der Waals surface area contributed by atoms with E-state index in [1.54, 1.807) is 0 Å². The number of hydrogen-bond donors (Lipinski definition) is 1. The van der Waals surface area contributed by atoms with Crippen molar-refractivity contribution >= 4 is 0 Å². The monoisotopic (exact) mass is 252 g/mol. The minimum Gasteiger partial charge on any atom is -0.308 e. The van der Waals surface area contributed by atoms with Gasteiger partial charge < -0.3 is 5.32 Å². The topological polar surface area (TPSA) is 15.3 Å². The van der Waals surface area contributed by atoms with Crippen LogP contribution in [0.25, 0.3) is 0 Å². The van der Waals surface area contributed by atoms with Gasteiger partial charge in [-0.2, -0.15) is 0 Å². The standard InChI is InChI=1S/C16H32N2/c1-5-15-11-17-16(6-2,7-3)12-18(15)13(4)10-14-8-9-14/h13-15,17H,5-12H2,1-4H3. The summed E-state index contributed by atoms with van der Waals surface area (Å²) in [6.45, 7) is 11.9. The normalized spacial score (nSPS) is 30.3. The van der Waals surface area contributed by atoms with Gasteiger partial charge in [-0.25, -0.2) is 0 Å². The van der Waals surface area contributed by atoms with Crippen LogP contribution in [0.15, 0.2) is 0 Å². The van der Waals surface area contributed by atoms with Crippen molar-refractivity contribution in [1.82, 2.24) is 10.2 Å². The Morgan fingerprint density at radius 2 is 1.89 bits per heavy atom. The minimum atomic E-state index is 0.378. The van der Waals surface area contributed by atoms with E-state index in [0.29, 0.717) is 5.54 Å². The number of rotatable bonds is 6. The molecule has 1 aliphatic heterocycles. The van der Waals surface area contributed by atoms with Crippen molar-refractivity contribution in [2.75, 3.05) is 13.1 Å². The molecule has 1 saturated heterocycles. The van der Waals surface area contributed by atoms with Gasteiger partial charge in [0.1, 0.15) is 0 Å². The van der Waals surface area contributed by atoms with Crippen molar-refractivity contribution in [1.29, 1.82) is 0 Å². The molecule has 0 spiro atoms. The van der Waals surface area contributed by atoms with Crippen molar-refractivity contribution in [2.45, 2.75) is 83.8 Å². The number of hydrogen-bond acceptors (Lipinski definition) is 2. The van der Waals surface area contributed by atoms with Crippen LogP contribution >= 0.6 is 0 Å². The number of nitrogens with zero attached hydrogens (tertiary/aromatic N) is 1. The second-order valence-corrected chi connectivity index (χ2v) is 6.63. The Morgan fingerprint density at radius 3 is 2.39 bits per heavy atom. The first-order valence-electron chi connectivity index (χ1n) is 8.14. The molecule has 1 aliphatic carbocycles. The Labute approximate surface area is 114 Å². The maximum atomic E-state index is 3.85. The SMILES string of the molecule is CCC1CNC(CC)(CC)CN1C(C)CC1CC1. The summed E-state index contributed by atoms with van der Waals surface area (Å²) in [5.74, 6) is 1.05. The highest BCUT2D eigenvalue weighted by Gasteiger charge is 2.39. The third kappa shape index (κ3) is 3.08. The van der Waals surface area contributed by atoms with E-state index in [1.165, 1.54) is 51.6 Å². The van der Waals surface area contributed by atoms with Gasteiger partial charge >= 0.3 is 0 Å². The Balaban J connectivity index is 2.01. The molecule has 0 radical (unpaired) electrons. The smallest absolute Gasteiger partial charge is 0.0304 e. The van der Waals surface area contributed by atoms with Gasteiger partial charge in [-0.05, 0) is 38.5 Å². The highest BCUT2D eigenvalue weighted by molar-refractivity contribution is 4.98. The van der Waals surface area contributed by atoms with E-state index < -0.39 is 0 Å². The van der Waals surface area contributed by atoms with Crippen molar-refractivity contribution in [3.05, 3.63) is 0 Å². The predicted octanol–water partition coefficient (Wildman–Crippen LogP) is 3.42. The number of piperazine rings is 1. The van der Waals surface area contributed by atoms with Crippen LogP contribution in [0.3, 0.4) is 0 Å². The van der Waals surface area contributed by atoms with Gasteiger partial charge in [0.05, 0.1) is 0 Å². The van der Waals surface area contributed by atoms with Crippen molar-refractivity contribution < 1.29 is 0 Å². The molecule has 106 valence electrons. The molecule has 0 bridgehead atoms. The molecule has 1 saturated carbocycles. The first-order chi connectivity index (χ1) is 8.64. The lowest BCUT2D eigenvalue weighted by atomic mass is 9.87. The zero-order chi connectivity index (χ0) is 13.2. The summed E-state index contributed by atoms with van der Waals surface area (Å²) < 4.78 is 0. The molecule has 2 fully saturated rings. The van der Waals surface area contributed by atoms with Crippen LogP contribution in [-0.4, -0.2) is 35.6 Å². The predicted molar refractivity (Wildman–Crippen MR) is 78.9 cm³/mol. The molecular weight excluding hydrogens is 220 g/mol. The van der Waals surface area contributed by atoms with E-state index in [4.69, 9.17) is 0 Å². The lowest BCUT2D eigenvalue weighted by Crippen LogP contribution is -2.65. The molecule has 0 aromatic carbocycles. The van der Waals surface area contributed by atoms with Crippen LogP contribution in [0.2, 0.25) is 0 Å². The van der Waals surface area contributed by atoms with Crippen LogP contribution < -0.4 is 5.32 Å². The second-order valence-electron chi connectivity index (χ2n) is 6.63. The third-order valence-electron chi connectivity index (χ3n) is 5.43. The first kappa shape index (κ1) is 14.3. The van der Waals surface area contributed by atoms with Gasteiger partial charge in [-0.3, -0.25) is 4.90 Å². The molecule has 2 atom stereocenters. The average Bonchev–Trinajstić information content (AvgIpc) is 3.21. The minimum absolute atomic E-state index is 0.378. The van der Waals surface area contributed by atoms with Crippen LogP contribution in [0, 0.1) is 5.92 Å². The van der Waals surface area contributed by atoms with Crippen LogP contribution in [-0.2, 0) is 0 Å². The molecule has 1 N–H and O–H groups in total. The molecule has 0 amide bonds. The molecule has 2 nitrogen and oxygen atoms in total. The maximum absolute atomic E-state index is 3.85. The summed E-state index contributed by atoms with van der Waals surface area (Å²) in [5, 5.41) is 3.85. The Bertz CT molecular complexity index is 256. The van der Waals surface area contributed by atoms with Crippen LogP contribution in [0.4, 0.5) is 0 Å². The van der Waals surface area contributed by atoms with Gasteiger partial charge in [0.15, 0.2) is 0 Å². The van der Waals surface area contributed by atoms with E-state index in [1.807, 2.05) is 0 Å². The molecule has 1 heterocycles. The Hall–Kier alpha value is -0.0800. The first-order valence-corrected chi connectivity index (χ1v) is 8.14. The van der Waals surface area contributed by atoms with E-state index >= 15 is 0 Å². The summed E-state index contributed by atoms with van der Waals surface area (Å²) in [5.41, 5.74) is 0.378. The Kier molecular flexibility index (Phi) is 4.71. The van der Waals surface area contributed by atoms with Crippen molar-refractivity contribution in [3.63, 3.8) is 0 Å². The lowest BCUT2D eigenvalue weighted by Gasteiger charge is -2.50. The fourth-order valence-corrected chi connectivity index (χ4v) is 3.58. The summed E-state index contributed by atoms with van der Waals surface area (Å²) >= 11 is 0. The molecule has 2 heteroatoms. The molecule has 0 aromatic heterocycles. The maximum Gasteiger partial charge on any atom is 0.0304 e. The molecule has 2 aliphatic rings. The zero-order valence-electron chi connectivity index (χ0n) is 12.8. The molecule has 18 heavy (non-hydrogen) atoms. The molecule has 0 aromatic rings. The van der Waals surface area contributed by atoms with Gasteiger partial charge in [-0.1, -0.05) is 33.6 Å². The van der Waals surface area contributed by atoms with Crippen LogP contribution in [0.1, 0.15) is 66.2 Å². The van der Waals surface area contributed by atoms with Gasteiger partial charge in [0.25, 0.3) is 0 Å². The summed E-state index contributed by atoms with van der Waals surface area (Å²) in [6.07, 6.45) is 8.20. The zero-order valence-corrected chi connectivity index (χ0v) is 12.8. The molecule has 2 unspecified atom stereocenters. The van der Waals surface area contributed by atoms with E-state index in [2.05, 4.69) is 37.9 Å². The largest absolute Gasteiger partial charge is 0.308 e. The number of nitrogens with one attached hydrogen (secondary N) is 1. The summed E-state index contributed by atoms with van der Waals surface area (Å²) in [4.78, 5) is 2.82.